The number of carboxylic acids is 1. The Balaban J connectivity index is 3.03. The van der Waals surface area contributed by atoms with Crippen molar-refractivity contribution in [3.05, 3.63) is 29.0 Å². The third-order valence-corrected chi connectivity index (χ3v) is 3.97. The molecule has 6 nitrogen and oxygen atoms in total. The van der Waals surface area contributed by atoms with Crippen molar-refractivity contribution in [1.29, 1.82) is 0 Å². The van der Waals surface area contributed by atoms with E-state index in [2.05, 4.69) is 0 Å². The summed E-state index contributed by atoms with van der Waals surface area (Å²) < 4.78 is 38.5. The van der Waals surface area contributed by atoms with Gasteiger partial charge in [-0.3, -0.25) is 4.79 Å². The van der Waals surface area contributed by atoms with Crippen LogP contribution < -0.4 is 4.72 Å². The number of halogens is 2. The second-order valence-electron chi connectivity index (χ2n) is 3.60. The molecule has 9 heteroatoms. The number of hydrogen-bond donors (Lipinski definition) is 3. The van der Waals surface area contributed by atoms with Gasteiger partial charge in [0.05, 0.1) is 9.92 Å². The minimum atomic E-state index is -4.16. The lowest BCUT2D eigenvalue weighted by molar-refractivity contribution is -0.139. The number of carbonyl (C=O) groups is 1. The van der Waals surface area contributed by atoms with Gasteiger partial charge in [-0.1, -0.05) is 11.6 Å². The van der Waals surface area contributed by atoms with Gasteiger partial charge in [0.25, 0.3) is 0 Å². The average Bonchev–Trinajstić information content (AvgIpc) is 2.31. The van der Waals surface area contributed by atoms with E-state index in [4.69, 9.17) is 21.8 Å². The van der Waals surface area contributed by atoms with E-state index in [0.717, 1.165) is 18.2 Å². The summed E-state index contributed by atoms with van der Waals surface area (Å²) in [6, 6.07) is 1.22. The van der Waals surface area contributed by atoms with Crippen molar-refractivity contribution >= 4 is 27.6 Å². The highest BCUT2D eigenvalue weighted by atomic mass is 35.5. The largest absolute Gasteiger partial charge is 0.480 e. The second-order valence-corrected chi connectivity index (χ2v) is 5.72. The fraction of sp³-hybridized carbons (Fsp3) is 0.300. The molecule has 0 saturated heterocycles. The topological polar surface area (TPSA) is 104 Å². The first-order valence-corrected chi connectivity index (χ1v) is 6.95. The first kappa shape index (κ1) is 15.8. The molecule has 0 saturated carbocycles. The number of aliphatic carboxylic acids is 1. The molecule has 3 N–H and O–H groups in total. The molecule has 0 heterocycles. The van der Waals surface area contributed by atoms with Gasteiger partial charge < -0.3 is 10.2 Å². The van der Waals surface area contributed by atoms with Gasteiger partial charge in [0, 0.05) is 6.61 Å². The molecule has 106 valence electrons. The molecule has 0 amide bonds. The number of nitrogens with one attached hydrogen (secondary N) is 1. The molecular formula is C10H11ClFNO5S. The normalized spacial score (nSPS) is 13.2. The van der Waals surface area contributed by atoms with Crippen LogP contribution in [0.4, 0.5) is 4.39 Å². The molecule has 1 atom stereocenters. The highest BCUT2D eigenvalue weighted by molar-refractivity contribution is 7.89. The molecule has 19 heavy (non-hydrogen) atoms. The van der Waals surface area contributed by atoms with Gasteiger partial charge in [-0.05, 0) is 24.6 Å². The summed E-state index contributed by atoms with van der Waals surface area (Å²) in [5.74, 6) is -2.21. The number of benzene rings is 1. The number of aliphatic hydroxyl groups is 1. The Morgan fingerprint density at radius 2 is 2.11 bits per heavy atom. The Kier molecular flexibility index (Phi) is 5.24. The molecule has 1 rings (SSSR count). The lowest BCUT2D eigenvalue weighted by Gasteiger charge is -2.13. The zero-order valence-corrected chi connectivity index (χ0v) is 11.1. The van der Waals surface area contributed by atoms with E-state index in [1.165, 1.54) is 0 Å². The van der Waals surface area contributed by atoms with Crippen molar-refractivity contribution in [3.63, 3.8) is 0 Å². The number of aliphatic hydroxyl groups excluding tert-OH is 1. The number of rotatable bonds is 6. The maximum atomic E-state index is 12.9. The Labute approximate surface area is 113 Å². The average molecular weight is 312 g/mol. The molecule has 0 fully saturated rings. The summed E-state index contributed by atoms with van der Waals surface area (Å²) in [5, 5.41) is 17.1. The van der Waals surface area contributed by atoms with Crippen LogP contribution in [0.5, 0.6) is 0 Å². The molecule has 0 radical (unpaired) electrons. The van der Waals surface area contributed by atoms with Crippen molar-refractivity contribution in [2.45, 2.75) is 17.4 Å². The van der Waals surface area contributed by atoms with Crippen molar-refractivity contribution in [2.75, 3.05) is 6.61 Å². The van der Waals surface area contributed by atoms with E-state index >= 15 is 0 Å². The molecule has 0 aliphatic heterocycles. The van der Waals surface area contributed by atoms with E-state index < -0.39 is 39.5 Å². The summed E-state index contributed by atoms with van der Waals surface area (Å²) in [5.41, 5.74) is 0. The highest BCUT2D eigenvalue weighted by Gasteiger charge is 2.25. The maximum Gasteiger partial charge on any atom is 0.321 e. The monoisotopic (exact) mass is 311 g/mol. The first-order chi connectivity index (χ1) is 8.77. The van der Waals surface area contributed by atoms with Crippen LogP contribution in [0.25, 0.3) is 0 Å². The quantitative estimate of drug-likeness (QED) is 0.713. The Morgan fingerprint density at radius 3 is 2.58 bits per heavy atom. The van der Waals surface area contributed by atoms with E-state index in [1.54, 1.807) is 0 Å². The molecule has 0 aliphatic carbocycles. The summed E-state index contributed by atoms with van der Waals surface area (Å²) in [4.78, 5) is 10.4. The predicted octanol–water partition coefficient (Wildman–Crippen LogP) is 0.593. The molecular weight excluding hydrogens is 301 g/mol. The Hall–Kier alpha value is -1.22. The van der Waals surface area contributed by atoms with Crippen molar-refractivity contribution in [2.24, 2.45) is 0 Å². The molecule has 0 bridgehead atoms. The molecule has 0 aliphatic rings. The molecule has 1 aromatic rings. The lowest BCUT2D eigenvalue weighted by atomic mass is 10.2. The second kappa shape index (κ2) is 6.29. The fourth-order valence-electron chi connectivity index (χ4n) is 1.26. The van der Waals surface area contributed by atoms with Gasteiger partial charge in [-0.15, -0.1) is 0 Å². The Bertz CT molecular complexity index is 577. The van der Waals surface area contributed by atoms with Crippen molar-refractivity contribution < 1.29 is 27.8 Å². The van der Waals surface area contributed by atoms with Crippen LogP contribution in [0, 0.1) is 5.82 Å². The summed E-state index contributed by atoms with van der Waals surface area (Å²) in [6.07, 6.45) is -0.288. The smallest absolute Gasteiger partial charge is 0.321 e. The van der Waals surface area contributed by atoms with Gasteiger partial charge in [-0.25, -0.2) is 12.8 Å². The van der Waals surface area contributed by atoms with Crippen LogP contribution in [-0.2, 0) is 14.8 Å². The minimum absolute atomic E-state index is 0.288. The van der Waals surface area contributed by atoms with Crippen LogP contribution in [0.15, 0.2) is 23.1 Å². The van der Waals surface area contributed by atoms with Gasteiger partial charge >= 0.3 is 5.97 Å². The molecule has 0 spiro atoms. The number of sulfonamides is 1. The fourth-order valence-corrected chi connectivity index (χ4v) is 2.76. The van der Waals surface area contributed by atoms with E-state index in [-0.39, 0.29) is 11.3 Å². The van der Waals surface area contributed by atoms with Gasteiger partial charge in [0.2, 0.25) is 10.0 Å². The molecule has 0 unspecified atom stereocenters. The first-order valence-electron chi connectivity index (χ1n) is 5.09. The van der Waals surface area contributed by atoms with Crippen molar-refractivity contribution in [1.82, 2.24) is 4.72 Å². The SMILES string of the molecule is O=C(O)[C@@H](CCO)NS(=O)(=O)c1ccc(F)c(Cl)c1. The minimum Gasteiger partial charge on any atom is -0.480 e. The molecule has 1 aromatic carbocycles. The maximum absolute atomic E-state index is 12.9. The summed E-state index contributed by atoms with van der Waals surface area (Å²) in [7, 11) is -4.16. The van der Waals surface area contributed by atoms with Crippen LogP contribution in [0.2, 0.25) is 5.02 Å². The Morgan fingerprint density at radius 1 is 1.47 bits per heavy atom. The predicted molar refractivity (Wildman–Crippen MR) is 64.9 cm³/mol. The highest BCUT2D eigenvalue weighted by Crippen LogP contribution is 2.19. The van der Waals surface area contributed by atoms with Gasteiger partial charge in [0.1, 0.15) is 11.9 Å². The summed E-state index contributed by atoms with van der Waals surface area (Å²) >= 11 is 5.46. The third-order valence-electron chi connectivity index (χ3n) is 2.21. The van der Waals surface area contributed by atoms with Gasteiger partial charge in [0.15, 0.2) is 0 Å². The number of hydrogen-bond acceptors (Lipinski definition) is 4. The van der Waals surface area contributed by atoms with Crippen LogP contribution in [-0.4, -0.2) is 37.2 Å². The zero-order chi connectivity index (χ0) is 14.6. The number of carboxylic acid groups (broad SMARTS) is 1. The van der Waals surface area contributed by atoms with E-state index in [0.29, 0.717) is 0 Å². The van der Waals surface area contributed by atoms with Crippen LogP contribution >= 0.6 is 11.6 Å². The van der Waals surface area contributed by atoms with Gasteiger partial charge in [-0.2, -0.15) is 4.72 Å². The van der Waals surface area contributed by atoms with E-state index in [9.17, 15) is 17.6 Å². The zero-order valence-electron chi connectivity index (χ0n) is 9.51. The van der Waals surface area contributed by atoms with Crippen molar-refractivity contribution in [3.8, 4) is 0 Å². The standard InChI is InChI=1S/C10H11ClFNO5S/c11-7-5-6(1-2-8(7)12)19(17,18)13-9(3-4-14)10(15)16/h1-2,5,9,13-14H,3-4H2,(H,15,16)/t9-/m1/s1. The van der Waals surface area contributed by atoms with Crippen LogP contribution in [0.3, 0.4) is 0 Å². The lowest BCUT2D eigenvalue weighted by Crippen LogP contribution is -2.41. The third kappa shape index (κ3) is 4.13. The van der Waals surface area contributed by atoms with E-state index in [1.807, 2.05) is 4.72 Å². The van der Waals surface area contributed by atoms with Crippen LogP contribution in [0.1, 0.15) is 6.42 Å². The molecule has 0 aromatic heterocycles. The summed E-state index contributed by atoms with van der Waals surface area (Å²) in [6.45, 7) is -0.496.